The predicted molar refractivity (Wildman–Crippen MR) is 72.8 cm³/mol. The van der Waals surface area contributed by atoms with Gasteiger partial charge in [0.15, 0.2) is 0 Å². The maximum atomic E-state index is 5.85. The number of aromatic nitrogens is 1. The van der Waals surface area contributed by atoms with Gasteiger partial charge in [-0.25, -0.2) is 4.98 Å². The molecule has 16 heavy (non-hydrogen) atoms. The molecular weight excluding hydrogens is 240 g/mol. The van der Waals surface area contributed by atoms with Crippen molar-refractivity contribution in [2.75, 3.05) is 17.3 Å². The zero-order valence-corrected chi connectivity index (χ0v) is 11.1. The second kappa shape index (κ2) is 5.02. The molecule has 4 heteroatoms. The first-order valence-electron chi connectivity index (χ1n) is 5.39. The van der Waals surface area contributed by atoms with Crippen LogP contribution in [0.15, 0.2) is 23.7 Å². The molecule has 0 bridgehead atoms. The van der Waals surface area contributed by atoms with Gasteiger partial charge >= 0.3 is 0 Å². The monoisotopic (exact) mass is 254 g/mol. The van der Waals surface area contributed by atoms with Crippen LogP contribution in [0.3, 0.4) is 0 Å². The summed E-state index contributed by atoms with van der Waals surface area (Å²) in [5.74, 6) is 1.68. The van der Waals surface area contributed by atoms with E-state index in [1.54, 1.807) is 11.3 Å². The Morgan fingerprint density at radius 2 is 2.25 bits per heavy atom. The number of alkyl halides is 1. The molecular formula is C12H15ClN2S. The van der Waals surface area contributed by atoms with E-state index in [0.29, 0.717) is 11.9 Å². The predicted octanol–water partition coefficient (Wildman–Crippen LogP) is 3.75. The lowest BCUT2D eigenvalue weighted by Crippen LogP contribution is -2.33. The highest BCUT2D eigenvalue weighted by Crippen LogP contribution is 2.29. The van der Waals surface area contributed by atoms with Crippen LogP contribution in [0.25, 0.3) is 10.1 Å². The van der Waals surface area contributed by atoms with Crippen molar-refractivity contribution in [1.29, 1.82) is 0 Å². The third-order valence-electron chi connectivity index (χ3n) is 2.58. The summed E-state index contributed by atoms with van der Waals surface area (Å²) in [6, 6.07) is 4.60. The molecule has 0 aromatic carbocycles. The molecule has 0 N–H and O–H groups in total. The summed E-state index contributed by atoms with van der Waals surface area (Å²) >= 11 is 7.60. The summed E-state index contributed by atoms with van der Waals surface area (Å²) < 4.78 is 1.28. The van der Waals surface area contributed by atoms with Gasteiger partial charge in [-0.1, -0.05) is 0 Å². The van der Waals surface area contributed by atoms with Crippen molar-refractivity contribution < 1.29 is 0 Å². The third kappa shape index (κ3) is 2.15. The minimum atomic E-state index is 0.414. The van der Waals surface area contributed by atoms with Crippen LogP contribution >= 0.6 is 22.9 Å². The van der Waals surface area contributed by atoms with E-state index >= 15 is 0 Å². The average Bonchev–Trinajstić information content (AvgIpc) is 2.73. The van der Waals surface area contributed by atoms with Crippen LogP contribution < -0.4 is 4.90 Å². The first-order valence-corrected chi connectivity index (χ1v) is 6.80. The molecule has 0 saturated carbocycles. The number of rotatable bonds is 4. The number of fused-ring (bicyclic) bond motifs is 1. The van der Waals surface area contributed by atoms with Crippen molar-refractivity contribution in [1.82, 2.24) is 4.98 Å². The van der Waals surface area contributed by atoms with Crippen LogP contribution in [0, 0.1) is 0 Å². The van der Waals surface area contributed by atoms with E-state index in [4.69, 9.17) is 11.6 Å². The number of nitrogens with zero attached hydrogens (tertiary/aromatic N) is 2. The number of anilines is 1. The maximum Gasteiger partial charge on any atom is 0.137 e. The molecule has 0 spiro atoms. The molecule has 2 rings (SSSR count). The smallest absolute Gasteiger partial charge is 0.137 e. The minimum absolute atomic E-state index is 0.414. The SMILES string of the molecule is CC(C)N(CCCl)c1nccc2sccc12. The van der Waals surface area contributed by atoms with Gasteiger partial charge in [0.2, 0.25) is 0 Å². The van der Waals surface area contributed by atoms with E-state index in [-0.39, 0.29) is 0 Å². The Bertz CT molecular complexity index is 467. The average molecular weight is 255 g/mol. The highest BCUT2D eigenvalue weighted by molar-refractivity contribution is 7.17. The molecule has 2 heterocycles. The largest absolute Gasteiger partial charge is 0.352 e. The molecule has 0 amide bonds. The zero-order chi connectivity index (χ0) is 11.5. The van der Waals surface area contributed by atoms with Gasteiger partial charge < -0.3 is 4.90 Å². The van der Waals surface area contributed by atoms with Gasteiger partial charge in [-0.3, -0.25) is 0 Å². The van der Waals surface area contributed by atoms with Crippen molar-refractivity contribution in [3.63, 3.8) is 0 Å². The second-order valence-corrected chi connectivity index (χ2v) is 5.27. The quantitative estimate of drug-likeness (QED) is 0.773. The van der Waals surface area contributed by atoms with Crippen molar-refractivity contribution in [3.05, 3.63) is 23.7 Å². The number of thiophene rings is 1. The summed E-state index contributed by atoms with van der Waals surface area (Å²) in [6.07, 6.45) is 1.87. The number of pyridine rings is 1. The van der Waals surface area contributed by atoms with Crippen LogP contribution in [0.2, 0.25) is 0 Å². The van der Waals surface area contributed by atoms with Crippen LogP contribution in [0.5, 0.6) is 0 Å². The molecule has 2 aromatic heterocycles. The fraction of sp³-hybridized carbons (Fsp3) is 0.417. The van der Waals surface area contributed by atoms with Gasteiger partial charge in [0.1, 0.15) is 5.82 Å². The van der Waals surface area contributed by atoms with E-state index in [9.17, 15) is 0 Å². The van der Waals surface area contributed by atoms with Crippen molar-refractivity contribution in [3.8, 4) is 0 Å². The molecule has 0 aliphatic heterocycles. The topological polar surface area (TPSA) is 16.1 Å². The van der Waals surface area contributed by atoms with Crippen LogP contribution in [-0.2, 0) is 0 Å². The van der Waals surface area contributed by atoms with Crippen molar-refractivity contribution in [2.24, 2.45) is 0 Å². The second-order valence-electron chi connectivity index (χ2n) is 3.94. The fourth-order valence-corrected chi connectivity index (χ4v) is 2.77. The Hall–Kier alpha value is -0.800. The van der Waals surface area contributed by atoms with Crippen LogP contribution in [0.4, 0.5) is 5.82 Å². The first-order chi connectivity index (χ1) is 7.74. The Morgan fingerprint density at radius 1 is 1.44 bits per heavy atom. The lowest BCUT2D eigenvalue weighted by atomic mass is 10.2. The van der Waals surface area contributed by atoms with Gasteiger partial charge in [-0.2, -0.15) is 0 Å². The Labute approximate surface area is 105 Å². The Morgan fingerprint density at radius 3 is 2.94 bits per heavy atom. The summed E-state index contributed by atoms with van der Waals surface area (Å²) in [7, 11) is 0. The molecule has 0 atom stereocenters. The zero-order valence-electron chi connectivity index (χ0n) is 9.48. The molecule has 0 aliphatic carbocycles. The molecule has 0 unspecified atom stereocenters. The molecule has 86 valence electrons. The highest BCUT2D eigenvalue weighted by Gasteiger charge is 2.14. The lowest BCUT2D eigenvalue weighted by molar-refractivity contribution is 0.698. The summed E-state index contributed by atoms with van der Waals surface area (Å²) in [5.41, 5.74) is 0. The molecule has 0 aliphatic rings. The van der Waals surface area contributed by atoms with E-state index in [1.165, 1.54) is 10.1 Å². The minimum Gasteiger partial charge on any atom is -0.352 e. The summed E-state index contributed by atoms with van der Waals surface area (Å²) in [5, 5.41) is 3.33. The maximum absolute atomic E-state index is 5.85. The van der Waals surface area contributed by atoms with Crippen molar-refractivity contribution in [2.45, 2.75) is 19.9 Å². The number of hydrogen-bond acceptors (Lipinski definition) is 3. The van der Waals surface area contributed by atoms with Gasteiger partial charge in [0, 0.05) is 34.7 Å². The highest BCUT2D eigenvalue weighted by atomic mass is 35.5. The van der Waals surface area contributed by atoms with Crippen LogP contribution in [0.1, 0.15) is 13.8 Å². The normalized spacial score (nSPS) is 11.2. The standard InChI is InChI=1S/C12H15ClN2S/c1-9(2)15(7-5-13)12-10-4-8-16-11(10)3-6-14-12/h3-4,6,8-9H,5,7H2,1-2H3. The van der Waals surface area contributed by atoms with E-state index < -0.39 is 0 Å². The molecule has 2 aromatic rings. The lowest BCUT2D eigenvalue weighted by Gasteiger charge is -2.27. The summed E-state index contributed by atoms with van der Waals surface area (Å²) in [4.78, 5) is 6.75. The van der Waals surface area contributed by atoms with Gasteiger partial charge in [-0.15, -0.1) is 22.9 Å². The molecule has 0 saturated heterocycles. The molecule has 0 fully saturated rings. The molecule has 2 nitrogen and oxygen atoms in total. The number of hydrogen-bond donors (Lipinski definition) is 0. The van der Waals surface area contributed by atoms with E-state index in [2.05, 4.69) is 41.2 Å². The Kier molecular flexibility index (Phi) is 3.66. The van der Waals surface area contributed by atoms with Gasteiger partial charge in [0.25, 0.3) is 0 Å². The third-order valence-corrected chi connectivity index (χ3v) is 3.63. The first kappa shape index (κ1) is 11.7. The van der Waals surface area contributed by atoms with E-state index in [0.717, 1.165) is 12.4 Å². The Balaban J connectivity index is 2.47. The van der Waals surface area contributed by atoms with Crippen molar-refractivity contribution >= 4 is 38.8 Å². The molecule has 0 radical (unpaired) electrons. The van der Waals surface area contributed by atoms with E-state index in [1.807, 2.05) is 6.20 Å². The van der Waals surface area contributed by atoms with Gasteiger partial charge in [0.05, 0.1) is 0 Å². The number of halogens is 1. The summed E-state index contributed by atoms with van der Waals surface area (Å²) in [6.45, 7) is 5.17. The van der Waals surface area contributed by atoms with Gasteiger partial charge in [-0.05, 0) is 31.4 Å². The van der Waals surface area contributed by atoms with Crippen LogP contribution in [-0.4, -0.2) is 23.5 Å². The fourth-order valence-electron chi connectivity index (χ4n) is 1.81.